The molecular formula is C10H8N2O2. The lowest BCUT2D eigenvalue weighted by Crippen LogP contribution is -2.16. The van der Waals surface area contributed by atoms with Gasteiger partial charge < -0.3 is 15.6 Å². The molecule has 70 valence electrons. The SMILES string of the molecule is N#CC1=C(N)Oc2cccc(O)c2C1. The number of aromatic hydroxyl groups is 1. The molecule has 2 rings (SSSR count). The van der Waals surface area contributed by atoms with Crippen molar-refractivity contribution in [1.29, 1.82) is 5.26 Å². The van der Waals surface area contributed by atoms with Gasteiger partial charge >= 0.3 is 0 Å². The Morgan fingerprint density at radius 2 is 2.29 bits per heavy atom. The molecule has 14 heavy (non-hydrogen) atoms. The molecule has 0 aromatic heterocycles. The molecule has 1 aromatic rings. The maximum atomic E-state index is 9.50. The third kappa shape index (κ3) is 1.15. The summed E-state index contributed by atoms with van der Waals surface area (Å²) in [5.41, 5.74) is 6.46. The first-order valence-corrected chi connectivity index (χ1v) is 4.10. The second kappa shape index (κ2) is 2.96. The van der Waals surface area contributed by atoms with Crippen molar-refractivity contribution in [2.24, 2.45) is 5.73 Å². The van der Waals surface area contributed by atoms with Crippen molar-refractivity contribution in [3.8, 4) is 17.6 Å². The Bertz CT molecular complexity index is 458. The fraction of sp³-hybridized carbons (Fsp3) is 0.100. The first-order valence-electron chi connectivity index (χ1n) is 4.10. The monoisotopic (exact) mass is 188 g/mol. The Kier molecular flexibility index (Phi) is 1.79. The number of ether oxygens (including phenoxy) is 1. The molecule has 0 saturated heterocycles. The van der Waals surface area contributed by atoms with Gasteiger partial charge in [0.15, 0.2) is 0 Å². The molecule has 0 saturated carbocycles. The predicted molar refractivity (Wildman–Crippen MR) is 49.3 cm³/mol. The van der Waals surface area contributed by atoms with Crippen LogP contribution in [0.2, 0.25) is 0 Å². The van der Waals surface area contributed by atoms with Crippen LogP contribution in [-0.4, -0.2) is 5.11 Å². The number of hydrogen-bond donors (Lipinski definition) is 2. The van der Waals surface area contributed by atoms with E-state index < -0.39 is 0 Å². The Morgan fingerprint density at radius 1 is 1.50 bits per heavy atom. The zero-order chi connectivity index (χ0) is 10.1. The second-order valence-corrected chi connectivity index (χ2v) is 2.99. The highest BCUT2D eigenvalue weighted by Gasteiger charge is 2.20. The average molecular weight is 188 g/mol. The van der Waals surface area contributed by atoms with Crippen LogP contribution in [0, 0.1) is 11.3 Å². The van der Waals surface area contributed by atoms with Crippen molar-refractivity contribution in [1.82, 2.24) is 0 Å². The number of fused-ring (bicyclic) bond motifs is 1. The van der Waals surface area contributed by atoms with Gasteiger partial charge in [-0.1, -0.05) is 6.07 Å². The normalized spacial score (nSPS) is 14.2. The number of nitrogens with two attached hydrogens (primary N) is 1. The van der Waals surface area contributed by atoms with Crippen LogP contribution in [-0.2, 0) is 6.42 Å². The minimum absolute atomic E-state index is 0.116. The molecule has 4 nitrogen and oxygen atoms in total. The molecule has 0 atom stereocenters. The number of nitriles is 1. The van der Waals surface area contributed by atoms with Crippen molar-refractivity contribution in [2.75, 3.05) is 0 Å². The lowest BCUT2D eigenvalue weighted by Gasteiger charge is -2.18. The second-order valence-electron chi connectivity index (χ2n) is 2.99. The molecule has 0 amide bonds. The van der Waals surface area contributed by atoms with Gasteiger partial charge in [-0.2, -0.15) is 5.26 Å². The molecule has 3 N–H and O–H groups in total. The topological polar surface area (TPSA) is 79.3 Å². The number of rotatable bonds is 0. The summed E-state index contributed by atoms with van der Waals surface area (Å²) in [4.78, 5) is 0. The van der Waals surface area contributed by atoms with Crippen LogP contribution in [0.4, 0.5) is 0 Å². The van der Waals surface area contributed by atoms with Crippen LogP contribution < -0.4 is 10.5 Å². The molecule has 0 fully saturated rings. The van der Waals surface area contributed by atoms with Gasteiger partial charge in [-0.3, -0.25) is 0 Å². The van der Waals surface area contributed by atoms with E-state index >= 15 is 0 Å². The molecule has 4 heteroatoms. The highest BCUT2D eigenvalue weighted by Crippen LogP contribution is 2.34. The van der Waals surface area contributed by atoms with Crippen LogP contribution in [0.1, 0.15) is 5.56 Å². The number of nitrogens with zero attached hydrogens (tertiary/aromatic N) is 1. The third-order valence-electron chi connectivity index (χ3n) is 2.11. The van der Waals surface area contributed by atoms with Crippen LogP contribution in [0.5, 0.6) is 11.5 Å². The van der Waals surface area contributed by atoms with Gasteiger partial charge in [-0.25, -0.2) is 0 Å². The molecule has 1 heterocycles. The summed E-state index contributed by atoms with van der Waals surface area (Å²) in [5, 5.41) is 18.2. The summed E-state index contributed by atoms with van der Waals surface area (Å²) in [6.07, 6.45) is 0.324. The Balaban J connectivity index is 2.51. The van der Waals surface area contributed by atoms with Crippen LogP contribution in [0.3, 0.4) is 0 Å². The van der Waals surface area contributed by atoms with E-state index in [4.69, 9.17) is 15.7 Å². The standard InChI is InChI=1S/C10H8N2O2/c11-5-6-4-7-8(13)2-1-3-9(7)14-10(6)12/h1-3,13H,4,12H2. The van der Waals surface area contributed by atoms with Crippen molar-refractivity contribution >= 4 is 0 Å². The number of allylic oxidation sites excluding steroid dienone is 1. The summed E-state index contributed by atoms with van der Waals surface area (Å²) in [6, 6.07) is 6.86. The van der Waals surface area contributed by atoms with Gasteiger partial charge in [-0.15, -0.1) is 0 Å². The number of hydrogen-bond acceptors (Lipinski definition) is 4. The lowest BCUT2D eigenvalue weighted by molar-refractivity contribution is 0.389. The van der Waals surface area contributed by atoms with Gasteiger partial charge in [0.2, 0.25) is 5.88 Å². The third-order valence-corrected chi connectivity index (χ3v) is 2.11. The summed E-state index contributed by atoms with van der Waals surface area (Å²) >= 11 is 0. The van der Waals surface area contributed by atoms with E-state index in [0.29, 0.717) is 23.3 Å². The molecule has 0 aliphatic carbocycles. The minimum atomic E-state index is 0.116. The molecule has 0 bridgehead atoms. The fourth-order valence-electron chi connectivity index (χ4n) is 1.37. The van der Waals surface area contributed by atoms with E-state index in [1.165, 1.54) is 0 Å². The van der Waals surface area contributed by atoms with E-state index in [2.05, 4.69) is 0 Å². The highest BCUT2D eigenvalue weighted by molar-refractivity contribution is 5.51. The smallest absolute Gasteiger partial charge is 0.205 e. The van der Waals surface area contributed by atoms with Crippen LogP contribution in [0.15, 0.2) is 29.7 Å². The van der Waals surface area contributed by atoms with Crippen LogP contribution >= 0.6 is 0 Å². The fourth-order valence-corrected chi connectivity index (χ4v) is 1.37. The Hall–Kier alpha value is -2.15. The number of phenols is 1. The Morgan fingerprint density at radius 3 is 3.00 bits per heavy atom. The summed E-state index contributed by atoms with van der Waals surface area (Å²) in [6.45, 7) is 0. The Labute approximate surface area is 80.8 Å². The van der Waals surface area contributed by atoms with E-state index in [-0.39, 0.29) is 11.6 Å². The highest BCUT2D eigenvalue weighted by atomic mass is 16.5. The van der Waals surface area contributed by atoms with E-state index in [1.54, 1.807) is 18.2 Å². The number of phenolic OH excluding ortho intramolecular Hbond substituents is 1. The zero-order valence-corrected chi connectivity index (χ0v) is 7.32. The van der Waals surface area contributed by atoms with Crippen LogP contribution in [0.25, 0.3) is 0 Å². The largest absolute Gasteiger partial charge is 0.508 e. The maximum absolute atomic E-state index is 9.50. The van der Waals surface area contributed by atoms with Crippen molar-refractivity contribution in [3.63, 3.8) is 0 Å². The predicted octanol–water partition coefficient (Wildman–Crippen LogP) is 1.02. The van der Waals surface area contributed by atoms with Gasteiger partial charge in [-0.05, 0) is 12.1 Å². The first kappa shape index (κ1) is 8.45. The molecule has 0 spiro atoms. The van der Waals surface area contributed by atoms with Gasteiger partial charge in [0.05, 0.1) is 5.57 Å². The van der Waals surface area contributed by atoms with Gasteiger partial charge in [0.1, 0.15) is 17.6 Å². The molecule has 0 unspecified atom stereocenters. The molecule has 1 aliphatic rings. The molecule has 1 aliphatic heterocycles. The first-order chi connectivity index (χ1) is 6.72. The molecule has 1 aromatic carbocycles. The van der Waals surface area contributed by atoms with Crippen molar-refractivity contribution in [2.45, 2.75) is 6.42 Å². The summed E-state index contributed by atoms with van der Waals surface area (Å²) < 4.78 is 5.19. The van der Waals surface area contributed by atoms with E-state index in [0.717, 1.165) is 0 Å². The molecule has 0 radical (unpaired) electrons. The zero-order valence-electron chi connectivity index (χ0n) is 7.32. The van der Waals surface area contributed by atoms with Crippen molar-refractivity contribution in [3.05, 3.63) is 35.2 Å². The summed E-state index contributed by atoms with van der Waals surface area (Å²) in [7, 11) is 0. The lowest BCUT2D eigenvalue weighted by atomic mass is 10.0. The maximum Gasteiger partial charge on any atom is 0.205 e. The molecular weight excluding hydrogens is 180 g/mol. The van der Waals surface area contributed by atoms with Gasteiger partial charge in [0, 0.05) is 12.0 Å². The summed E-state index contributed by atoms with van der Waals surface area (Å²) in [5.74, 6) is 0.759. The quantitative estimate of drug-likeness (QED) is 0.637. The minimum Gasteiger partial charge on any atom is -0.508 e. The van der Waals surface area contributed by atoms with Crippen molar-refractivity contribution < 1.29 is 9.84 Å². The average Bonchev–Trinajstić information content (AvgIpc) is 2.17. The van der Waals surface area contributed by atoms with E-state index in [1.807, 2.05) is 6.07 Å². The van der Waals surface area contributed by atoms with Gasteiger partial charge in [0.25, 0.3) is 0 Å². The van der Waals surface area contributed by atoms with E-state index in [9.17, 15) is 5.11 Å². The number of benzene rings is 1.